The molecule has 6 rings (SSSR count). The van der Waals surface area contributed by atoms with Crippen molar-refractivity contribution >= 4 is 12.2 Å². The van der Waals surface area contributed by atoms with E-state index in [1.54, 1.807) is 13.0 Å². The molecule has 0 radical (unpaired) electrons. The van der Waals surface area contributed by atoms with Gasteiger partial charge >= 0.3 is 5.97 Å². The van der Waals surface area contributed by atoms with E-state index in [-0.39, 0.29) is 46.0 Å². The number of hydroxylamine groups is 1. The summed E-state index contributed by atoms with van der Waals surface area (Å²) in [7, 11) is 0. The summed E-state index contributed by atoms with van der Waals surface area (Å²) in [5.41, 5.74) is 1.32. The molecule has 5 heteroatoms. The summed E-state index contributed by atoms with van der Waals surface area (Å²) in [6, 6.07) is -0.117. The second kappa shape index (κ2) is 5.59. The van der Waals surface area contributed by atoms with Crippen LogP contribution in [0.1, 0.15) is 59.3 Å². The molecule has 0 aromatic rings. The van der Waals surface area contributed by atoms with E-state index in [9.17, 15) is 15.1 Å². The zero-order chi connectivity index (χ0) is 21.2. The van der Waals surface area contributed by atoms with E-state index in [1.165, 1.54) is 4.74 Å². The van der Waals surface area contributed by atoms with Crippen molar-refractivity contribution in [3.8, 4) is 0 Å². The highest BCUT2D eigenvalue weighted by Gasteiger charge is 2.86. The summed E-state index contributed by atoms with van der Waals surface area (Å²) < 4.78 is 7.29. The van der Waals surface area contributed by atoms with Crippen molar-refractivity contribution in [1.29, 1.82) is 0 Å². The lowest BCUT2D eigenvalue weighted by Crippen LogP contribution is -2.64. The van der Waals surface area contributed by atoms with Gasteiger partial charge in [0, 0.05) is 34.2 Å². The Bertz CT molecular complexity index is 922. The first kappa shape index (κ1) is 19.1. The van der Waals surface area contributed by atoms with Gasteiger partial charge in [0.2, 0.25) is 0 Å². The molecule has 0 amide bonds. The zero-order valence-corrected chi connectivity index (χ0v) is 18.3. The van der Waals surface area contributed by atoms with Gasteiger partial charge in [-0.15, -0.1) is 0 Å². The second-order valence-electron chi connectivity index (χ2n) is 11.4. The average molecular weight is 412 g/mol. The van der Waals surface area contributed by atoms with E-state index in [0.29, 0.717) is 11.5 Å². The highest BCUT2D eigenvalue weighted by Crippen LogP contribution is 2.82. The maximum absolute atomic E-state index is 13.6. The minimum Gasteiger partial charge on any atom is -0.624 e. The Morgan fingerprint density at radius 1 is 1.40 bits per heavy atom. The molecule has 2 spiro atoms. The van der Waals surface area contributed by atoms with Crippen molar-refractivity contribution in [3.63, 3.8) is 0 Å². The number of nitrogens with zero attached hydrogens (tertiary/aromatic N) is 1. The molecule has 6 aliphatic rings. The second-order valence-corrected chi connectivity index (χ2v) is 11.4. The maximum Gasteiger partial charge on any atom is 0.333 e. The van der Waals surface area contributed by atoms with E-state index >= 15 is 0 Å². The number of aliphatic hydroxyl groups excluding tert-OH is 1. The zero-order valence-electron chi connectivity index (χ0n) is 18.3. The fourth-order valence-electron chi connectivity index (χ4n) is 9.93. The van der Waals surface area contributed by atoms with E-state index in [1.807, 2.05) is 13.1 Å². The lowest BCUT2D eigenvalue weighted by molar-refractivity contribution is -0.544. The van der Waals surface area contributed by atoms with Crippen molar-refractivity contribution in [1.82, 2.24) is 0 Å². The molecule has 10 atom stereocenters. The number of esters is 1. The van der Waals surface area contributed by atoms with Crippen molar-refractivity contribution in [3.05, 3.63) is 29.0 Å². The first-order chi connectivity index (χ1) is 14.2. The van der Waals surface area contributed by atoms with Crippen LogP contribution in [0.25, 0.3) is 0 Å². The molecule has 6 bridgehead atoms. The fraction of sp³-hybridized carbons (Fsp3) is 0.760. The molecule has 30 heavy (non-hydrogen) atoms. The Labute approximate surface area is 178 Å². The van der Waals surface area contributed by atoms with Crippen LogP contribution in [0.2, 0.25) is 0 Å². The van der Waals surface area contributed by atoms with Crippen LogP contribution in [0, 0.1) is 45.1 Å². The number of aliphatic hydroxyl groups is 1. The van der Waals surface area contributed by atoms with Crippen LogP contribution < -0.4 is 0 Å². The average Bonchev–Trinajstić information content (AvgIpc) is 2.94. The molecule has 0 saturated heterocycles. The lowest BCUT2D eigenvalue weighted by Gasteiger charge is -2.61. The molecule has 1 heterocycles. The summed E-state index contributed by atoms with van der Waals surface area (Å²) in [6.07, 6.45) is 8.66. The third-order valence-electron chi connectivity index (χ3n) is 10.6. The van der Waals surface area contributed by atoms with E-state index < -0.39 is 12.2 Å². The molecule has 0 aromatic heterocycles. The molecule has 5 saturated carbocycles. The van der Waals surface area contributed by atoms with Crippen LogP contribution in [-0.2, 0) is 9.53 Å². The smallest absolute Gasteiger partial charge is 0.333 e. The quantitative estimate of drug-likeness (QED) is 0.248. The Morgan fingerprint density at radius 2 is 2.17 bits per heavy atom. The predicted octanol–water partition coefficient (Wildman–Crippen LogP) is 3.60. The standard InChI is InChI=1S/C25H33NO4/c1-5-13(2)22(28)30-19-16-14(3)11-24-10-7-15-23(4)8-6-9-25(15,20(24)18(19)27)21(17(16)24)26(29)12-23/h5,12,15-21,27H,3,6-11H2,1-2,4H3/b13-5+/t15-,16+,17-,18-,19+,20-,21-,23+,24-,25+/m1/s1. The molecule has 5 aliphatic carbocycles. The first-order valence-corrected chi connectivity index (χ1v) is 11.7. The number of carbonyl (C=O) groups is 1. The number of hydrogen-bond acceptors (Lipinski definition) is 4. The molecule has 5 fully saturated rings. The molecule has 0 unspecified atom stereocenters. The molecular weight excluding hydrogens is 378 g/mol. The Hall–Kier alpha value is -1.62. The van der Waals surface area contributed by atoms with Crippen LogP contribution in [0.4, 0.5) is 0 Å². The maximum atomic E-state index is 13.6. The van der Waals surface area contributed by atoms with Crippen LogP contribution in [0.5, 0.6) is 0 Å². The molecule has 5 nitrogen and oxygen atoms in total. The Balaban J connectivity index is 1.54. The molecule has 162 valence electrons. The Kier molecular flexibility index (Phi) is 3.56. The topological polar surface area (TPSA) is 72.6 Å². The largest absolute Gasteiger partial charge is 0.624 e. The number of rotatable bonds is 2. The third-order valence-corrected chi connectivity index (χ3v) is 10.6. The summed E-state index contributed by atoms with van der Waals surface area (Å²) in [5, 5.41) is 25.4. The predicted molar refractivity (Wildman–Crippen MR) is 113 cm³/mol. The minimum absolute atomic E-state index is 0.0164. The minimum atomic E-state index is -0.722. The van der Waals surface area contributed by atoms with Crippen molar-refractivity contribution < 1.29 is 19.4 Å². The summed E-state index contributed by atoms with van der Waals surface area (Å²) in [6.45, 7) is 10.2. The van der Waals surface area contributed by atoms with Gasteiger partial charge in [0.15, 0.2) is 12.3 Å². The summed E-state index contributed by atoms with van der Waals surface area (Å²) in [4.78, 5) is 12.7. The first-order valence-electron chi connectivity index (χ1n) is 11.7. The van der Waals surface area contributed by atoms with Gasteiger partial charge in [-0.05, 0) is 57.3 Å². The van der Waals surface area contributed by atoms with Crippen molar-refractivity contribution in [2.24, 2.45) is 39.9 Å². The number of allylic oxidation sites excluding steroid dienone is 1. The van der Waals surface area contributed by atoms with Crippen LogP contribution in [0.3, 0.4) is 0 Å². The normalized spacial score (nSPS) is 55.3. The lowest BCUT2D eigenvalue weighted by atomic mass is 9.43. The SMILES string of the molecule is C=C1C[C@]23CC[C@H]4[C@]56CCC[C@@]4(C)C=[N+]([O-])[C@@H]5[C@H]2[C@H]1[C@H](OC(=O)/C(C)=C/C)[C@@H](O)[C@H]36. The summed E-state index contributed by atoms with van der Waals surface area (Å²) >= 11 is 0. The number of hydrogen-bond donors (Lipinski definition) is 1. The fourth-order valence-corrected chi connectivity index (χ4v) is 9.93. The van der Waals surface area contributed by atoms with Crippen molar-refractivity contribution in [2.75, 3.05) is 0 Å². The van der Waals surface area contributed by atoms with Gasteiger partial charge in [-0.1, -0.05) is 31.6 Å². The van der Waals surface area contributed by atoms with Crippen LogP contribution >= 0.6 is 0 Å². The Morgan fingerprint density at radius 3 is 2.90 bits per heavy atom. The van der Waals surface area contributed by atoms with Gasteiger partial charge in [-0.2, -0.15) is 0 Å². The van der Waals surface area contributed by atoms with Crippen LogP contribution in [-0.4, -0.2) is 40.3 Å². The molecule has 1 aliphatic heterocycles. The van der Waals surface area contributed by atoms with Crippen molar-refractivity contribution in [2.45, 2.75) is 77.5 Å². The van der Waals surface area contributed by atoms with Gasteiger partial charge in [0.05, 0.1) is 6.10 Å². The highest BCUT2D eigenvalue weighted by atomic mass is 16.6. The highest BCUT2D eigenvalue weighted by molar-refractivity contribution is 5.87. The van der Waals surface area contributed by atoms with Gasteiger partial charge < -0.3 is 15.1 Å². The molecule has 1 N–H and O–H groups in total. The monoisotopic (exact) mass is 411 g/mol. The number of ether oxygens (including phenoxy) is 1. The van der Waals surface area contributed by atoms with Crippen LogP contribution in [0.15, 0.2) is 23.8 Å². The van der Waals surface area contributed by atoms with Gasteiger partial charge in [0.25, 0.3) is 0 Å². The van der Waals surface area contributed by atoms with Gasteiger partial charge in [-0.3, -0.25) is 0 Å². The van der Waals surface area contributed by atoms with Gasteiger partial charge in [0.1, 0.15) is 6.10 Å². The molecule has 0 aromatic carbocycles. The van der Waals surface area contributed by atoms with Gasteiger partial charge in [-0.25, -0.2) is 9.53 Å². The van der Waals surface area contributed by atoms with E-state index in [0.717, 1.165) is 44.1 Å². The van der Waals surface area contributed by atoms with E-state index in [2.05, 4.69) is 13.5 Å². The molecular formula is C25H33NO4. The number of carbonyl (C=O) groups excluding carboxylic acids is 1. The van der Waals surface area contributed by atoms with E-state index in [4.69, 9.17) is 4.74 Å². The summed E-state index contributed by atoms with van der Waals surface area (Å²) in [5.74, 6) is 0.0992. The third kappa shape index (κ3) is 1.83.